The van der Waals surface area contributed by atoms with Gasteiger partial charge in [-0.3, -0.25) is 9.59 Å². The van der Waals surface area contributed by atoms with Crippen molar-refractivity contribution in [1.29, 1.82) is 0 Å². The van der Waals surface area contributed by atoms with Crippen molar-refractivity contribution in [1.82, 2.24) is 23.8 Å². The standard InChI is InChI=1S/C24H27FN6O3S/c1-16(35-19(14-26)13-17-3-5-18(25)6-4-17)21-22(33)23(34)31-12-11-30(24(31)27-21)15-20(32)29-9-7-28(2)8-10-29/h3-6,11-12,14,33H,1,7-10,13,15,26H2,2H3/b19-14-. The fourth-order valence-corrected chi connectivity index (χ4v) is 4.68. The molecule has 2 aromatic heterocycles. The highest BCUT2D eigenvalue weighted by molar-refractivity contribution is 8.11. The second-order valence-corrected chi connectivity index (χ2v) is 9.58. The maximum Gasteiger partial charge on any atom is 0.301 e. The number of nitrogens with zero attached hydrogens (tertiary/aromatic N) is 5. The first-order valence-electron chi connectivity index (χ1n) is 11.1. The third kappa shape index (κ3) is 5.41. The Kier molecular flexibility index (Phi) is 7.27. The monoisotopic (exact) mass is 498 g/mol. The number of hydrogen-bond acceptors (Lipinski definition) is 7. The number of allylic oxidation sites excluding steroid dienone is 1. The van der Waals surface area contributed by atoms with Crippen LogP contribution in [0.2, 0.25) is 0 Å². The number of halogens is 1. The molecule has 11 heteroatoms. The number of likely N-dealkylation sites (N-methyl/N-ethyl adjacent to an activating group) is 1. The first-order valence-corrected chi connectivity index (χ1v) is 11.9. The van der Waals surface area contributed by atoms with Crippen LogP contribution in [0.25, 0.3) is 10.7 Å². The van der Waals surface area contributed by atoms with Crippen molar-refractivity contribution in [3.8, 4) is 5.75 Å². The first-order chi connectivity index (χ1) is 16.8. The Labute approximate surface area is 206 Å². The van der Waals surface area contributed by atoms with Crippen LogP contribution in [0.1, 0.15) is 11.3 Å². The molecule has 9 nitrogen and oxygen atoms in total. The van der Waals surface area contributed by atoms with Gasteiger partial charge in [0.2, 0.25) is 17.4 Å². The highest BCUT2D eigenvalue weighted by Crippen LogP contribution is 2.35. The number of amides is 1. The maximum absolute atomic E-state index is 13.2. The minimum atomic E-state index is -0.658. The molecule has 0 aliphatic carbocycles. The molecule has 184 valence electrons. The summed E-state index contributed by atoms with van der Waals surface area (Å²) in [4.78, 5) is 35.0. The number of aromatic hydroxyl groups is 1. The Morgan fingerprint density at radius 2 is 1.91 bits per heavy atom. The molecule has 1 saturated heterocycles. The summed E-state index contributed by atoms with van der Waals surface area (Å²) in [6.07, 6.45) is 4.88. The van der Waals surface area contributed by atoms with Gasteiger partial charge in [0.05, 0.1) is 0 Å². The lowest BCUT2D eigenvalue weighted by Crippen LogP contribution is -2.48. The zero-order valence-electron chi connectivity index (χ0n) is 19.4. The fraction of sp³-hybridized carbons (Fsp3) is 0.292. The van der Waals surface area contributed by atoms with Crippen molar-refractivity contribution in [2.24, 2.45) is 5.73 Å². The van der Waals surface area contributed by atoms with Gasteiger partial charge in [-0.15, -0.1) is 0 Å². The van der Waals surface area contributed by atoms with E-state index in [0.29, 0.717) is 29.3 Å². The Hall–Kier alpha value is -3.57. The van der Waals surface area contributed by atoms with Crippen molar-refractivity contribution in [2.45, 2.75) is 13.0 Å². The highest BCUT2D eigenvalue weighted by Gasteiger charge is 2.22. The van der Waals surface area contributed by atoms with Crippen molar-refractivity contribution >= 4 is 28.4 Å². The topological polar surface area (TPSA) is 109 Å². The number of piperazine rings is 1. The number of imidazole rings is 1. The zero-order valence-corrected chi connectivity index (χ0v) is 20.2. The summed E-state index contributed by atoms with van der Waals surface area (Å²) in [6, 6.07) is 6.03. The first kappa shape index (κ1) is 24.6. The van der Waals surface area contributed by atoms with Crippen LogP contribution in [0.3, 0.4) is 0 Å². The number of hydrogen-bond donors (Lipinski definition) is 2. The summed E-state index contributed by atoms with van der Waals surface area (Å²) >= 11 is 1.16. The molecule has 1 fully saturated rings. The van der Waals surface area contributed by atoms with Crippen LogP contribution in [-0.2, 0) is 17.8 Å². The lowest BCUT2D eigenvalue weighted by atomic mass is 10.1. The summed E-state index contributed by atoms with van der Waals surface area (Å²) in [5, 5.41) is 10.5. The van der Waals surface area contributed by atoms with E-state index in [1.807, 2.05) is 7.05 Å². The maximum atomic E-state index is 13.2. The second-order valence-electron chi connectivity index (χ2n) is 8.36. The summed E-state index contributed by atoms with van der Waals surface area (Å²) in [5.74, 6) is -0.716. The smallest absolute Gasteiger partial charge is 0.301 e. The number of nitrogens with two attached hydrogens (primary N) is 1. The lowest BCUT2D eigenvalue weighted by molar-refractivity contribution is -0.133. The molecule has 0 spiro atoms. The van der Waals surface area contributed by atoms with Crippen LogP contribution < -0.4 is 11.3 Å². The van der Waals surface area contributed by atoms with Gasteiger partial charge >= 0.3 is 5.56 Å². The highest BCUT2D eigenvalue weighted by atomic mass is 32.2. The van der Waals surface area contributed by atoms with Gasteiger partial charge in [0, 0.05) is 61.0 Å². The number of benzene rings is 1. The average Bonchev–Trinajstić information content (AvgIpc) is 3.25. The zero-order chi connectivity index (χ0) is 25.1. The van der Waals surface area contributed by atoms with Gasteiger partial charge in [-0.1, -0.05) is 30.5 Å². The van der Waals surface area contributed by atoms with Crippen LogP contribution in [-0.4, -0.2) is 68.0 Å². The van der Waals surface area contributed by atoms with E-state index in [9.17, 15) is 19.1 Å². The molecule has 1 amide bonds. The van der Waals surface area contributed by atoms with E-state index in [4.69, 9.17) is 5.73 Å². The minimum absolute atomic E-state index is 0.0189. The van der Waals surface area contributed by atoms with E-state index >= 15 is 0 Å². The Bertz CT molecular complexity index is 1340. The molecular weight excluding hydrogens is 471 g/mol. The van der Waals surface area contributed by atoms with Crippen molar-refractivity contribution < 1.29 is 14.3 Å². The second kappa shape index (κ2) is 10.4. The predicted molar refractivity (Wildman–Crippen MR) is 134 cm³/mol. The summed E-state index contributed by atoms with van der Waals surface area (Å²) < 4.78 is 16.0. The van der Waals surface area contributed by atoms with Crippen molar-refractivity contribution in [3.63, 3.8) is 0 Å². The van der Waals surface area contributed by atoms with Crippen LogP contribution in [0.5, 0.6) is 5.75 Å². The molecule has 0 radical (unpaired) electrons. The molecule has 1 aromatic carbocycles. The quantitative estimate of drug-likeness (QED) is 0.512. The molecule has 3 N–H and O–H groups in total. The van der Waals surface area contributed by atoms with Gasteiger partial charge in [0.15, 0.2) is 0 Å². The van der Waals surface area contributed by atoms with Crippen LogP contribution >= 0.6 is 11.8 Å². The van der Waals surface area contributed by atoms with Crippen LogP contribution in [0.4, 0.5) is 4.39 Å². The molecule has 4 rings (SSSR count). The summed E-state index contributed by atoms with van der Waals surface area (Å²) in [5.41, 5.74) is 5.98. The van der Waals surface area contributed by atoms with E-state index in [1.54, 1.807) is 27.8 Å². The van der Waals surface area contributed by atoms with E-state index in [-0.39, 0.29) is 29.7 Å². The van der Waals surface area contributed by atoms with Gasteiger partial charge in [0.25, 0.3) is 0 Å². The molecule has 0 atom stereocenters. The van der Waals surface area contributed by atoms with Gasteiger partial charge < -0.3 is 25.2 Å². The number of carbonyl (C=O) groups is 1. The molecule has 1 aliphatic rings. The normalized spacial score (nSPS) is 15.0. The fourth-order valence-electron chi connectivity index (χ4n) is 3.82. The van der Waals surface area contributed by atoms with Gasteiger partial charge in [-0.05, 0) is 24.7 Å². The Balaban J connectivity index is 1.56. The molecule has 3 heterocycles. The van der Waals surface area contributed by atoms with E-state index in [1.165, 1.54) is 28.9 Å². The molecule has 0 saturated carbocycles. The predicted octanol–water partition coefficient (Wildman–Crippen LogP) is 1.86. The lowest BCUT2D eigenvalue weighted by Gasteiger charge is -2.32. The van der Waals surface area contributed by atoms with E-state index < -0.39 is 11.3 Å². The number of rotatable bonds is 7. The number of thioether (sulfide) groups is 1. The Morgan fingerprint density at radius 1 is 1.23 bits per heavy atom. The van der Waals surface area contributed by atoms with Gasteiger partial charge in [0.1, 0.15) is 18.1 Å². The minimum Gasteiger partial charge on any atom is -0.501 e. The Morgan fingerprint density at radius 3 is 2.57 bits per heavy atom. The third-order valence-electron chi connectivity index (χ3n) is 5.88. The van der Waals surface area contributed by atoms with Crippen LogP contribution in [0.15, 0.2) is 59.1 Å². The third-order valence-corrected chi connectivity index (χ3v) is 6.87. The molecule has 0 bridgehead atoms. The number of fused-ring (bicyclic) bond motifs is 1. The molecule has 35 heavy (non-hydrogen) atoms. The number of carbonyl (C=O) groups excluding carboxylic acids is 1. The summed E-state index contributed by atoms with van der Waals surface area (Å²) in [6.45, 7) is 6.90. The van der Waals surface area contributed by atoms with E-state index in [0.717, 1.165) is 30.4 Å². The van der Waals surface area contributed by atoms with Crippen molar-refractivity contribution in [2.75, 3.05) is 33.2 Å². The molecular formula is C24H27FN6O3S. The largest absolute Gasteiger partial charge is 0.501 e. The van der Waals surface area contributed by atoms with Gasteiger partial charge in [-0.25, -0.2) is 13.8 Å². The SMILES string of the molecule is C=C(S/C(=C\N)Cc1ccc(F)cc1)c1nc2n(CC(=O)N3CCN(C)CC3)ccn2c(=O)c1O. The van der Waals surface area contributed by atoms with Crippen molar-refractivity contribution in [3.05, 3.63) is 81.8 Å². The molecule has 1 aliphatic heterocycles. The molecule has 0 unspecified atom stereocenters. The molecule has 3 aromatic rings. The summed E-state index contributed by atoms with van der Waals surface area (Å²) in [7, 11) is 2.02. The van der Waals surface area contributed by atoms with E-state index in [2.05, 4.69) is 16.5 Å². The van der Waals surface area contributed by atoms with Crippen LogP contribution in [0, 0.1) is 5.82 Å². The average molecular weight is 499 g/mol. The van der Waals surface area contributed by atoms with Gasteiger partial charge in [-0.2, -0.15) is 0 Å². The number of aromatic nitrogens is 3.